The van der Waals surface area contributed by atoms with Crippen LogP contribution in [0.25, 0.3) is 22.4 Å². The topological polar surface area (TPSA) is 99.3 Å². The van der Waals surface area contributed by atoms with E-state index in [1.165, 1.54) is 24.5 Å². The number of imidazole rings is 1. The number of pyridine rings is 1. The molecule has 10 heteroatoms. The largest absolute Gasteiger partial charge is 0.433 e. The van der Waals surface area contributed by atoms with Gasteiger partial charge in [-0.05, 0) is 29.8 Å². The predicted octanol–water partition coefficient (Wildman–Crippen LogP) is 3.34. The highest BCUT2D eigenvalue weighted by Gasteiger charge is 2.33. The van der Waals surface area contributed by atoms with Crippen molar-refractivity contribution in [2.45, 2.75) is 12.7 Å². The Morgan fingerprint density at radius 1 is 0.964 bits per heavy atom. The third-order valence-electron chi connectivity index (χ3n) is 4.01. The van der Waals surface area contributed by atoms with Gasteiger partial charge in [0.15, 0.2) is 11.5 Å². The van der Waals surface area contributed by atoms with Gasteiger partial charge in [-0.25, -0.2) is 14.8 Å². The maximum atomic E-state index is 13.2. The third kappa shape index (κ3) is 3.70. The first-order valence-electron chi connectivity index (χ1n) is 8.20. The summed E-state index contributed by atoms with van der Waals surface area (Å²) in [4.78, 5) is 28.2. The lowest BCUT2D eigenvalue weighted by Crippen LogP contribution is -2.12. The minimum atomic E-state index is -4.61. The number of fused-ring (bicyclic) bond motifs is 1. The molecule has 0 saturated carbocycles. The Hall–Kier alpha value is -3.69. The highest BCUT2D eigenvalue weighted by molar-refractivity contribution is 5.75. The first-order valence-corrected chi connectivity index (χ1v) is 8.20. The summed E-state index contributed by atoms with van der Waals surface area (Å²) in [6.45, 7) is 0.216. The molecule has 3 heterocycles. The van der Waals surface area contributed by atoms with E-state index in [0.717, 1.165) is 11.6 Å². The van der Waals surface area contributed by atoms with Crippen LogP contribution in [0.2, 0.25) is 0 Å². The molecule has 0 bridgehead atoms. The number of hydrogen-bond acceptors (Lipinski definition) is 5. The molecule has 142 valence electrons. The number of alkyl halides is 3. The van der Waals surface area contributed by atoms with Crippen LogP contribution in [0.5, 0.6) is 0 Å². The van der Waals surface area contributed by atoms with E-state index >= 15 is 0 Å². The van der Waals surface area contributed by atoms with Gasteiger partial charge in [-0.1, -0.05) is 6.07 Å². The Kier molecular flexibility index (Phi) is 4.30. The molecule has 0 unspecified atom stereocenters. The van der Waals surface area contributed by atoms with Crippen LogP contribution in [-0.4, -0.2) is 24.9 Å². The molecule has 0 aliphatic rings. The molecule has 1 aromatic carbocycles. The second kappa shape index (κ2) is 6.80. The van der Waals surface area contributed by atoms with Crippen molar-refractivity contribution >= 4 is 16.9 Å². The monoisotopic (exact) mass is 386 g/mol. The number of anilines is 1. The molecule has 4 rings (SSSR count). The zero-order chi connectivity index (χ0) is 19.7. The molecule has 0 saturated heterocycles. The van der Waals surface area contributed by atoms with E-state index in [4.69, 9.17) is 0 Å². The lowest BCUT2D eigenvalue weighted by molar-refractivity contribution is -0.141. The van der Waals surface area contributed by atoms with E-state index in [0.29, 0.717) is 16.6 Å². The van der Waals surface area contributed by atoms with Crippen molar-refractivity contribution in [3.8, 4) is 11.4 Å². The van der Waals surface area contributed by atoms with Gasteiger partial charge in [0.2, 0.25) is 0 Å². The Bertz CT molecular complexity index is 1180. The number of benzene rings is 1. The van der Waals surface area contributed by atoms with E-state index in [1.807, 2.05) is 0 Å². The molecule has 3 aromatic heterocycles. The summed E-state index contributed by atoms with van der Waals surface area (Å²) in [6, 6.07) is 9.14. The average Bonchev–Trinajstić information content (AvgIpc) is 3.05. The highest BCUT2D eigenvalue weighted by Crippen LogP contribution is 2.30. The molecule has 3 N–H and O–H groups in total. The van der Waals surface area contributed by atoms with Crippen molar-refractivity contribution < 1.29 is 13.2 Å². The highest BCUT2D eigenvalue weighted by atomic mass is 19.4. The van der Waals surface area contributed by atoms with Crippen molar-refractivity contribution in [2.75, 3.05) is 5.32 Å². The molecule has 0 aliphatic heterocycles. The van der Waals surface area contributed by atoms with Gasteiger partial charge < -0.3 is 15.3 Å². The van der Waals surface area contributed by atoms with Crippen LogP contribution in [0.4, 0.5) is 19.0 Å². The zero-order valence-electron chi connectivity index (χ0n) is 14.2. The smallest absolute Gasteiger partial charge is 0.366 e. The van der Waals surface area contributed by atoms with Crippen LogP contribution < -0.4 is 11.0 Å². The molecule has 0 atom stereocenters. The van der Waals surface area contributed by atoms with Crippen molar-refractivity contribution in [3.05, 3.63) is 70.5 Å². The zero-order valence-corrected chi connectivity index (χ0v) is 14.2. The molecule has 0 fully saturated rings. The number of aromatic amines is 2. The van der Waals surface area contributed by atoms with E-state index in [9.17, 15) is 18.0 Å². The molecule has 7 nitrogen and oxygen atoms in total. The van der Waals surface area contributed by atoms with Crippen LogP contribution in [-0.2, 0) is 12.7 Å². The summed E-state index contributed by atoms with van der Waals surface area (Å²) in [5.74, 6) is -0.0121. The second-order valence-electron chi connectivity index (χ2n) is 6.01. The van der Waals surface area contributed by atoms with E-state index < -0.39 is 11.9 Å². The Morgan fingerprint density at radius 3 is 2.46 bits per heavy atom. The van der Waals surface area contributed by atoms with Crippen LogP contribution in [0.3, 0.4) is 0 Å². The average molecular weight is 386 g/mol. The molecule has 0 spiro atoms. The van der Waals surface area contributed by atoms with Crippen LogP contribution in [0, 0.1) is 0 Å². The van der Waals surface area contributed by atoms with Crippen LogP contribution in [0.15, 0.2) is 53.6 Å². The summed E-state index contributed by atoms with van der Waals surface area (Å²) >= 11 is 0. The maximum Gasteiger partial charge on any atom is 0.433 e. The maximum absolute atomic E-state index is 13.2. The van der Waals surface area contributed by atoms with Gasteiger partial charge >= 0.3 is 11.9 Å². The minimum Gasteiger partial charge on any atom is -0.366 e. The number of nitrogens with one attached hydrogen (secondary N) is 3. The number of H-pyrrole nitrogens is 2. The summed E-state index contributed by atoms with van der Waals surface area (Å²) < 4.78 is 39.7. The van der Waals surface area contributed by atoms with Gasteiger partial charge in [0.25, 0.3) is 0 Å². The molecular weight excluding hydrogens is 373 g/mol. The van der Waals surface area contributed by atoms with E-state index in [1.54, 1.807) is 18.2 Å². The number of rotatable bonds is 4. The van der Waals surface area contributed by atoms with Crippen molar-refractivity contribution in [1.82, 2.24) is 24.9 Å². The summed E-state index contributed by atoms with van der Waals surface area (Å²) in [6.07, 6.45) is -1.69. The van der Waals surface area contributed by atoms with Crippen LogP contribution in [0.1, 0.15) is 11.3 Å². The van der Waals surface area contributed by atoms with E-state index in [2.05, 4.69) is 30.2 Å². The SMILES string of the molecule is O=c1[nH]c2ccc(CNc3cc(C(F)(F)F)nc(-c4ccncc4)n3)cc2[nH]1. The molecule has 4 aromatic rings. The second-order valence-corrected chi connectivity index (χ2v) is 6.01. The Morgan fingerprint density at radius 2 is 1.71 bits per heavy atom. The Balaban J connectivity index is 1.64. The Labute approximate surface area is 155 Å². The molecule has 0 amide bonds. The molecule has 0 aliphatic carbocycles. The summed E-state index contributed by atoms with van der Waals surface area (Å²) in [7, 11) is 0. The lowest BCUT2D eigenvalue weighted by atomic mass is 10.2. The van der Waals surface area contributed by atoms with Gasteiger partial charge in [0, 0.05) is 30.6 Å². The van der Waals surface area contributed by atoms with Gasteiger partial charge in [0.05, 0.1) is 11.0 Å². The lowest BCUT2D eigenvalue weighted by Gasteiger charge is -2.12. The minimum absolute atomic E-state index is 0.0387. The first kappa shape index (κ1) is 17.7. The van der Waals surface area contributed by atoms with Crippen molar-refractivity contribution in [2.24, 2.45) is 0 Å². The fourth-order valence-corrected chi connectivity index (χ4v) is 2.70. The fourth-order valence-electron chi connectivity index (χ4n) is 2.70. The van der Waals surface area contributed by atoms with Gasteiger partial charge in [-0.3, -0.25) is 4.98 Å². The molecule has 28 heavy (non-hydrogen) atoms. The fraction of sp³-hybridized carbons (Fsp3) is 0.111. The normalized spacial score (nSPS) is 11.7. The number of nitrogens with zero attached hydrogens (tertiary/aromatic N) is 3. The number of hydrogen-bond donors (Lipinski definition) is 3. The number of aromatic nitrogens is 5. The van der Waals surface area contributed by atoms with Gasteiger partial charge in [-0.15, -0.1) is 0 Å². The van der Waals surface area contributed by atoms with E-state index in [-0.39, 0.29) is 23.9 Å². The van der Waals surface area contributed by atoms with Crippen molar-refractivity contribution in [1.29, 1.82) is 0 Å². The van der Waals surface area contributed by atoms with Crippen molar-refractivity contribution in [3.63, 3.8) is 0 Å². The third-order valence-corrected chi connectivity index (χ3v) is 4.01. The number of halogens is 3. The first-order chi connectivity index (χ1) is 13.4. The quantitative estimate of drug-likeness (QED) is 0.500. The van der Waals surface area contributed by atoms with Gasteiger partial charge in [0.1, 0.15) is 5.82 Å². The summed E-state index contributed by atoms with van der Waals surface area (Å²) in [5.41, 5.74) is 1.08. The standard InChI is InChI=1S/C18H13F3N6O/c19-18(20,21)14-8-15(27-16(26-14)11-3-5-22-6-4-11)23-9-10-1-2-12-13(7-10)25-17(28)24-12/h1-8H,9H2,(H,23,26,27)(H2,24,25,28). The van der Waals surface area contributed by atoms with Gasteiger partial charge in [-0.2, -0.15) is 13.2 Å². The van der Waals surface area contributed by atoms with Crippen LogP contribution >= 0.6 is 0 Å². The predicted molar refractivity (Wildman–Crippen MR) is 96.5 cm³/mol. The summed E-state index contributed by atoms with van der Waals surface area (Å²) in [5, 5.41) is 2.89. The molecule has 0 radical (unpaired) electrons. The molecular formula is C18H13F3N6O.